The number of carboxylic acids is 1. The van der Waals surface area contributed by atoms with Crippen LogP contribution in [0.3, 0.4) is 0 Å². The van der Waals surface area contributed by atoms with Crippen molar-refractivity contribution in [1.82, 2.24) is 9.66 Å². The van der Waals surface area contributed by atoms with Crippen LogP contribution in [-0.2, 0) is 0 Å². The summed E-state index contributed by atoms with van der Waals surface area (Å²) in [5, 5.41) is 16.0. The minimum atomic E-state index is -1.05. The van der Waals surface area contributed by atoms with Crippen molar-refractivity contribution in [3.63, 3.8) is 0 Å². The standard InChI is InChI=1S/C21H15N3O3S/c1-13-23-19-18(17(12-28-19)14-7-3-2-4-8-14)20(25)24(13)22-11-15-9-5-6-10-16(15)21(26)27/h2-12H,1H3,(H,26,27)/b22-11+. The van der Waals surface area contributed by atoms with Crippen molar-refractivity contribution in [1.29, 1.82) is 0 Å². The van der Waals surface area contributed by atoms with Crippen LogP contribution < -0.4 is 5.56 Å². The summed E-state index contributed by atoms with van der Waals surface area (Å²) in [5.41, 5.74) is 1.99. The van der Waals surface area contributed by atoms with Crippen LogP contribution >= 0.6 is 11.3 Å². The molecule has 1 N–H and O–H groups in total. The molecule has 0 aliphatic rings. The van der Waals surface area contributed by atoms with Crippen molar-refractivity contribution >= 4 is 33.7 Å². The summed E-state index contributed by atoms with van der Waals surface area (Å²) in [5.74, 6) is -0.619. The predicted octanol–water partition coefficient (Wildman–Crippen LogP) is 4.01. The number of hydrogen-bond donors (Lipinski definition) is 1. The van der Waals surface area contributed by atoms with E-state index in [1.54, 1.807) is 25.1 Å². The van der Waals surface area contributed by atoms with Gasteiger partial charge in [0.15, 0.2) is 0 Å². The number of aromatic nitrogens is 2. The number of carboxylic acid groups (broad SMARTS) is 1. The van der Waals surface area contributed by atoms with Crippen molar-refractivity contribution in [2.75, 3.05) is 0 Å². The third-order valence-electron chi connectivity index (χ3n) is 4.34. The molecule has 0 spiro atoms. The summed E-state index contributed by atoms with van der Waals surface area (Å²) in [6.45, 7) is 1.70. The first-order valence-corrected chi connectivity index (χ1v) is 9.37. The Morgan fingerprint density at radius 3 is 2.61 bits per heavy atom. The normalized spacial score (nSPS) is 11.3. The zero-order chi connectivity index (χ0) is 19.7. The maximum atomic E-state index is 13.1. The van der Waals surface area contributed by atoms with Gasteiger partial charge >= 0.3 is 5.97 Å². The lowest BCUT2D eigenvalue weighted by Crippen LogP contribution is -2.20. The van der Waals surface area contributed by atoms with Crippen LogP contribution in [0.25, 0.3) is 21.3 Å². The molecule has 28 heavy (non-hydrogen) atoms. The minimum Gasteiger partial charge on any atom is -0.478 e. The average Bonchev–Trinajstić information content (AvgIpc) is 3.12. The largest absolute Gasteiger partial charge is 0.478 e. The lowest BCUT2D eigenvalue weighted by atomic mass is 10.1. The van der Waals surface area contributed by atoms with Crippen molar-refractivity contribution in [2.45, 2.75) is 6.92 Å². The van der Waals surface area contributed by atoms with Crippen LogP contribution in [0.5, 0.6) is 0 Å². The van der Waals surface area contributed by atoms with E-state index in [4.69, 9.17) is 0 Å². The molecule has 0 unspecified atom stereocenters. The van der Waals surface area contributed by atoms with Gasteiger partial charge in [-0.2, -0.15) is 9.78 Å². The second kappa shape index (κ2) is 7.21. The van der Waals surface area contributed by atoms with Gasteiger partial charge in [-0.15, -0.1) is 11.3 Å². The van der Waals surface area contributed by atoms with E-state index in [0.717, 1.165) is 11.1 Å². The number of rotatable bonds is 4. The monoisotopic (exact) mass is 389 g/mol. The van der Waals surface area contributed by atoms with Gasteiger partial charge in [0.1, 0.15) is 10.7 Å². The lowest BCUT2D eigenvalue weighted by Gasteiger charge is -2.05. The fourth-order valence-electron chi connectivity index (χ4n) is 2.97. The van der Waals surface area contributed by atoms with Gasteiger partial charge < -0.3 is 5.11 Å². The van der Waals surface area contributed by atoms with Gasteiger partial charge in [0, 0.05) is 16.5 Å². The SMILES string of the molecule is Cc1nc2scc(-c3ccccc3)c2c(=O)n1/N=C/c1ccccc1C(=O)O. The molecule has 2 aromatic heterocycles. The molecule has 0 bridgehead atoms. The Morgan fingerprint density at radius 1 is 1.14 bits per heavy atom. The molecule has 0 radical (unpaired) electrons. The summed E-state index contributed by atoms with van der Waals surface area (Å²) in [6, 6.07) is 16.1. The van der Waals surface area contributed by atoms with E-state index in [-0.39, 0.29) is 11.1 Å². The Morgan fingerprint density at radius 2 is 1.86 bits per heavy atom. The quantitative estimate of drug-likeness (QED) is 0.535. The highest BCUT2D eigenvalue weighted by Crippen LogP contribution is 2.30. The number of aromatic carboxylic acids is 1. The molecule has 0 fully saturated rings. The Labute approximate surface area is 164 Å². The minimum absolute atomic E-state index is 0.117. The molecule has 4 aromatic rings. The fourth-order valence-corrected chi connectivity index (χ4v) is 3.96. The first-order valence-electron chi connectivity index (χ1n) is 8.49. The first kappa shape index (κ1) is 17.8. The van der Waals surface area contributed by atoms with Crippen LogP contribution in [0.2, 0.25) is 0 Å². The molecule has 0 saturated heterocycles. The third kappa shape index (κ3) is 3.12. The molecule has 0 saturated carbocycles. The Bertz CT molecular complexity index is 1270. The maximum absolute atomic E-state index is 13.1. The number of fused-ring (bicyclic) bond motifs is 1. The van der Waals surface area contributed by atoms with E-state index in [1.807, 2.05) is 35.7 Å². The molecule has 0 atom stereocenters. The highest BCUT2D eigenvalue weighted by molar-refractivity contribution is 7.17. The van der Waals surface area contributed by atoms with E-state index >= 15 is 0 Å². The second-order valence-corrected chi connectivity index (χ2v) is 6.97. The Balaban J connectivity index is 1.87. The zero-order valence-corrected chi connectivity index (χ0v) is 15.7. The van der Waals surface area contributed by atoms with E-state index in [9.17, 15) is 14.7 Å². The molecule has 0 amide bonds. The maximum Gasteiger partial charge on any atom is 0.336 e. The second-order valence-electron chi connectivity index (χ2n) is 6.11. The summed E-state index contributed by atoms with van der Waals surface area (Å²) in [4.78, 5) is 29.7. The number of benzene rings is 2. The van der Waals surface area contributed by atoms with E-state index in [0.29, 0.717) is 21.6 Å². The first-order chi connectivity index (χ1) is 13.6. The summed E-state index contributed by atoms with van der Waals surface area (Å²) in [7, 11) is 0. The molecular formula is C21H15N3O3S. The van der Waals surface area contributed by atoms with Gasteiger partial charge in [-0.05, 0) is 18.6 Å². The molecule has 7 heteroatoms. The lowest BCUT2D eigenvalue weighted by molar-refractivity contribution is 0.0697. The van der Waals surface area contributed by atoms with E-state index < -0.39 is 5.97 Å². The van der Waals surface area contributed by atoms with Crippen LogP contribution in [-0.4, -0.2) is 27.0 Å². The van der Waals surface area contributed by atoms with Crippen molar-refractivity contribution in [2.24, 2.45) is 5.10 Å². The van der Waals surface area contributed by atoms with Gasteiger partial charge in [0.05, 0.1) is 17.2 Å². The molecule has 4 rings (SSSR count). The van der Waals surface area contributed by atoms with Gasteiger partial charge in [0.2, 0.25) is 0 Å². The topological polar surface area (TPSA) is 84.5 Å². The van der Waals surface area contributed by atoms with Crippen LogP contribution in [0, 0.1) is 6.92 Å². The Kier molecular flexibility index (Phi) is 4.58. The summed E-state index contributed by atoms with van der Waals surface area (Å²) < 4.78 is 1.21. The number of carbonyl (C=O) groups is 1. The number of nitrogens with zero attached hydrogens (tertiary/aromatic N) is 3. The van der Waals surface area contributed by atoms with Crippen molar-refractivity contribution in [3.05, 3.63) is 87.3 Å². The summed E-state index contributed by atoms with van der Waals surface area (Å²) >= 11 is 1.41. The number of thiophene rings is 1. The molecular weight excluding hydrogens is 374 g/mol. The van der Waals surface area contributed by atoms with Crippen molar-refractivity contribution < 1.29 is 9.90 Å². The molecule has 2 heterocycles. The smallest absolute Gasteiger partial charge is 0.336 e. The van der Waals surface area contributed by atoms with E-state index in [1.165, 1.54) is 28.3 Å². The van der Waals surface area contributed by atoms with Gasteiger partial charge in [0.25, 0.3) is 5.56 Å². The summed E-state index contributed by atoms with van der Waals surface area (Å²) in [6.07, 6.45) is 1.37. The predicted molar refractivity (Wildman–Crippen MR) is 110 cm³/mol. The van der Waals surface area contributed by atoms with Gasteiger partial charge in [-0.1, -0.05) is 48.5 Å². The molecule has 0 aliphatic carbocycles. The third-order valence-corrected chi connectivity index (χ3v) is 5.21. The molecule has 138 valence electrons. The van der Waals surface area contributed by atoms with Gasteiger partial charge in [-0.25, -0.2) is 9.78 Å². The fraction of sp³-hybridized carbons (Fsp3) is 0.0476. The van der Waals surface area contributed by atoms with Crippen LogP contribution in [0.15, 0.2) is 69.9 Å². The van der Waals surface area contributed by atoms with Gasteiger partial charge in [-0.3, -0.25) is 4.79 Å². The molecule has 2 aromatic carbocycles. The zero-order valence-electron chi connectivity index (χ0n) is 14.9. The number of aryl methyl sites for hydroxylation is 1. The molecule has 0 aliphatic heterocycles. The van der Waals surface area contributed by atoms with Crippen LogP contribution in [0.4, 0.5) is 0 Å². The molecule has 6 nitrogen and oxygen atoms in total. The average molecular weight is 389 g/mol. The highest BCUT2D eigenvalue weighted by atomic mass is 32.1. The number of hydrogen-bond acceptors (Lipinski definition) is 5. The van der Waals surface area contributed by atoms with Crippen molar-refractivity contribution in [3.8, 4) is 11.1 Å². The highest BCUT2D eigenvalue weighted by Gasteiger charge is 2.15. The van der Waals surface area contributed by atoms with E-state index in [2.05, 4.69) is 10.1 Å². The Hall–Kier alpha value is -3.58. The van der Waals surface area contributed by atoms with Crippen LogP contribution in [0.1, 0.15) is 21.7 Å².